The molecule has 5 heteroatoms. The monoisotopic (exact) mass is 261 g/mol. The second kappa shape index (κ2) is 8.21. The predicted octanol–water partition coefficient (Wildman–Crippen LogP) is 1.90. The summed E-state index contributed by atoms with van der Waals surface area (Å²) in [6.07, 6.45) is 2.62. The van der Waals surface area contributed by atoms with Crippen molar-refractivity contribution >= 4 is 8.56 Å². The minimum absolute atomic E-state index is 0.380. The van der Waals surface area contributed by atoms with Crippen LogP contribution in [0.4, 0.5) is 0 Å². The van der Waals surface area contributed by atoms with Crippen LogP contribution in [0.3, 0.4) is 0 Å². The second-order valence-corrected chi connectivity index (χ2v) is 7.93. The van der Waals surface area contributed by atoms with Crippen molar-refractivity contribution < 1.29 is 13.6 Å². The van der Waals surface area contributed by atoms with Crippen LogP contribution in [-0.4, -0.2) is 47.6 Å². The molecule has 4 nitrogen and oxygen atoms in total. The quantitative estimate of drug-likeness (QED) is 0.678. The lowest BCUT2D eigenvalue weighted by Gasteiger charge is -2.28. The van der Waals surface area contributed by atoms with Gasteiger partial charge in [-0.3, -0.25) is 0 Å². The van der Waals surface area contributed by atoms with Gasteiger partial charge in [0.15, 0.2) is 0 Å². The van der Waals surface area contributed by atoms with Crippen molar-refractivity contribution in [2.75, 3.05) is 32.9 Å². The average Bonchev–Trinajstić information content (AvgIpc) is 2.31. The Hall–Kier alpha value is 0.0569. The number of ether oxygens (including phenoxy) is 1. The molecule has 1 saturated heterocycles. The summed E-state index contributed by atoms with van der Waals surface area (Å²) in [7, 11) is -1.91. The number of hydrogen-bond acceptors (Lipinski definition) is 4. The molecule has 1 atom stereocenters. The molecule has 1 heterocycles. The number of hydrogen-bond donors (Lipinski definition) is 1. The van der Waals surface area contributed by atoms with Gasteiger partial charge in [0, 0.05) is 26.3 Å². The molecule has 0 aromatic carbocycles. The van der Waals surface area contributed by atoms with Crippen LogP contribution >= 0.6 is 0 Å². The standard InChI is InChI=1S/C12H27NO3Si/c1-4-15-17(3,16-5-2)10-6-7-12-11-13-8-9-14-12/h12-13H,4-11H2,1-3H3. The molecule has 0 spiro atoms. The Morgan fingerprint density at radius 1 is 1.29 bits per heavy atom. The fourth-order valence-corrected chi connectivity index (χ4v) is 4.69. The Bertz CT molecular complexity index is 192. The molecule has 1 fully saturated rings. The first-order valence-electron chi connectivity index (χ1n) is 6.80. The zero-order valence-corrected chi connectivity index (χ0v) is 12.5. The first kappa shape index (κ1) is 15.1. The number of nitrogens with one attached hydrogen (secondary N) is 1. The topological polar surface area (TPSA) is 39.7 Å². The zero-order valence-electron chi connectivity index (χ0n) is 11.5. The third-order valence-corrected chi connectivity index (χ3v) is 6.12. The third-order valence-electron chi connectivity index (χ3n) is 3.06. The Labute approximate surface area is 106 Å². The summed E-state index contributed by atoms with van der Waals surface area (Å²) in [6.45, 7) is 10.6. The largest absolute Gasteiger partial charge is 0.395 e. The highest BCUT2D eigenvalue weighted by atomic mass is 28.4. The molecule has 0 aromatic rings. The van der Waals surface area contributed by atoms with Crippen LogP contribution in [0.5, 0.6) is 0 Å². The molecule has 0 amide bonds. The van der Waals surface area contributed by atoms with Gasteiger partial charge in [-0.1, -0.05) is 0 Å². The van der Waals surface area contributed by atoms with E-state index in [-0.39, 0.29) is 0 Å². The fourth-order valence-electron chi connectivity index (χ4n) is 2.25. The maximum Gasteiger partial charge on any atom is 0.334 e. The molecule has 0 aliphatic carbocycles. The highest BCUT2D eigenvalue weighted by Crippen LogP contribution is 2.19. The van der Waals surface area contributed by atoms with E-state index in [1.54, 1.807) is 0 Å². The van der Waals surface area contributed by atoms with Crippen LogP contribution in [0.15, 0.2) is 0 Å². The Morgan fingerprint density at radius 3 is 2.53 bits per heavy atom. The van der Waals surface area contributed by atoms with Gasteiger partial charge in [0.05, 0.1) is 12.7 Å². The molecule has 102 valence electrons. The maximum atomic E-state index is 5.82. The normalized spacial score (nSPS) is 21.7. The first-order valence-corrected chi connectivity index (χ1v) is 9.32. The van der Waals surface area contributed by atoms with Crippen molar-refractivity contribution in [3.8, 4) is 0 Å². The first-order chi connectivity index (χ1) is 8.20. The molecule has 0 saturated carbocycles. The van der Waals surface area contributed by atoms with Gasteiger partial charge in [-0.15, -0.1) is 0 Å². The van der Waals surface area contributed by atoms with E-state index in [0.29, 0.717) is 6.10 Å². The molecule has 1 rings (SSSR count). The second-order valence-electron chi connectivity index (χ2n) is 4.59. The summed E-state index contributed by atoms with van der Waals surface area (Å²) in [5.41, 5.74) is 0. The van der Waals surface area contributed by atoms with Gasteiger partial charge in [0.25, 0.3) is 0 Å². The van der Waals surface area contributed by atoms with Crippen molar-refractivity contribution in [1.29, 1.82) is 0 Å². The molecular formula is C12H27NO3Si. The zero-order chi connectivity index (χ0) is 12.6. The molecule has 0 bridgehead atoms. The smallest absolute Gasteiger partial charge is 0.334 e. The van der Waals surface area contributed by atoms with Crippen LogP contribution in [0.1, 0.15) is 26.7 Å². The van der Waals surface area contributed by atoms with Gasteiger partial charge in [-0.25, -0.2) is 0 Å². The van der Waals surface area contributed by atoms with E-state index >= 15 is 0 Å². The average molecular weight is 261 g/mol. The molecule has 0 aromatic heterocycles. The number of rotatable bonds is 8. The highest BCUT2D eigenvalue weighted by Gasteiger charge is 2.30. The molecule has 1 unspecified atom stereocenters. The summed E-state index contributed by atoms with van der Waals surface area (Å²) >= 11 is 0. The van der Waals surface area contributed by atoms with Crippen LogP contribution in [0.2, 0.25) is 12.6 Å². The van der Waals surface area contributed by atoms with E-state index in [0.717, 1.165) is 51.8 Å². The van der Waals surface area contributed by atoms with Gasteiger partial charge in [-0.05, 0) is 39.3 Å². The Kier molecular flexibility index (Phi) is 7.30. The van der Waals surface area contributed by atoms with E-state index < -0.39 is 8.56 Å². The molecule has 1 aliphatic heterocycles. The summed E-state index contributed by atoms with van der Waals surface area (Å²) in [4.78, 5) is 0. The highest BCUT2D eigenvalue weighted by molar-refractivity contribution is 6.66. The van der Waals surface area contributed by atoms with Crippen molar-refractivity contribution in [3.05, 3.63) is 0 Å². The van der Waals surface area contributed by atoms with E-state index in [2.05, 4.69) is 11.9 Å². The maximum absolute atomic E-state index is 5.82. The van der Waals surface area contributed by atoms with Gasteiger partial charge in [0.2, 0.25) is 0 Å². The summed E-state index contributed by atoms with van der Waals surface area (Å²) in [5, 5.41) is 3.36. The molecule has 0 radical (unpaired) electrons. The van der Waals surface area contributed by atoms with E-state index in [1.165, 1.54) is 0 Å². The SMILES string of the molecule is CCO[Si](C)(CCCC1CNCCO1)OCC. The van der Waals surface area contributed by atoms with Crippen LogP contribution < -0.4 is 5.32 Å². The lowest BCUT2D eigenvalue weighted by Crippen LogP contribution is -2.40. The predicted molar refractivity (Wildman–Crippen MR) is 71.5 cm³/mol. The van der Waals surface area contributed by atoms with Crippen LogP contribution in [-0.2, 0) is 13.6 Å². The minimum atomic E-state index is -1.91. The van der Waals surface area contributed by atoms with E-state index in [1.807, 2.05) is 13.8 Å². The van der Waals surface area contributed by atoms with Crippen molar-refractivity contribution in [2.24, 2.45) is 0 Å². The summed E-state index contributed by atoms with van der Waals surface area (Å²) in [6, 6.07) is 1.06. The lowest BCUT2D eigenvalue weighted by molar-refractivity contribution is 0.0227. The van der Waals surface area contributed by atoms with Crippen molar-refractivity contribution in [3.63, 3.8) is 0 Å². The summed E-state index contributed by atoms with van der Waals surface area (Å²) in [5.74, 6) is 0. The van der Waals surface area contributed by atoms with E-state index in [9.17, 15) is 0 Å². The van der Waals surface area contributed by atoms with Crippen molar-refractivity contribution in [2.45, 2.75) is 45.4 Å². The van der Waals surface area contributed by atoms with Gasteiger partial charge in [-0.2, -0.15) is 0 Å². The fraction of sp³-hybridized carbons (Fsp3) is 1.00. The van der Waals surface area contributed by atoms with Crippen LogP contribution in [0, 0.1) is 0 Å². The van der Waals surface area contributed by atoms with Crippen LogP contribution in [0.25, 0.3) is 0 Å². The Balaban J connectivity index is 2.21. The molecular weight excluding hydrogens is 234 g/mol. The molecule has 17 heavy (non-hydrogen) atoms. The molecule has 1 N–H and O–H groups in total. The van der Waals surface area contributed by atoms with Gasteiger partial charge >= 0.3 is 8.56 Å². The third kappa shape index (κ3) is 5.97. The minimum Gasteiger partial charge on any atom is -0.395 e. The summed E-state index contributed by atoms with van der Waals surface area (Å²) < 4.78 is 17.3. The lowest BCUT2D eigenvalue weighted by atomic mass is 10.2. The van der Waals surface area contributed by atoms with Gasteiger partial charge in [0.1, 0.15) is 0 Å². The molecule has 1 aliphatic rings. The van der Waals surface area contributed by atoms with Crippen molar-refractivity contribution in [1.82, 2.24) is 5.32 Å². The number of morpholine rings is 1. The van der Waals surface area contributed by atoms with Gasteiger partial charge < -0.3 is 18.9 Å². The Morgan fingerprint density at radius 2 is 2.00 bits per heavy atom. The van der Waals surface area contributed by atoms with E-state index in [4.69, 9.17) is 13.6 Å².